The summed E-state index contributed by atoms with van der Waals surface area (Å²) in [6.45, 7) is 0. The average Bonchev–Trinajstić information content (AvgIpc) is 3.18. The van der Waals surface area contributed by atoms with Gasteiger partial charge in [0.1, 0.15) is 9.88 Å². The molecule has 0 aliphatic heterocycles. The Balaban J connectivity index is 1.63. The Labute approximate surface area is 137 Å². The molecular weight excluding hydrogens is 320 g/mol. The highest BCUT2D eigenvalue weighted by atomic mass is 32.2. The fourth-order valence-electron chi connectivity index (χ4n) is 2.64. The fraction of sp³-hybridized carbons (Fsp3) is 0.467. The van der Waals surface area contributed by atoms with E-state index in [0.717, 1.165) is 22.7 Å². The lowest BCUT2D eigenvalue weighted by atomic mass is 9.95. The SMILES string of the molecule is CSC1CCCC(NC(=O)c2cnc(-c3cccs3)s2)C1. The molecular formula is C15H18N2OS3. The van der Waals surface area contributed by atoms with Crippen molar-refractivity contribution in [1.29, 1.82) is 0 Å². The van der Waals surface area contributed by atoms with Gasteiger partial charge >= 0.3 is 0 Å². The average molecular weight is 339 g/mol. The van der Waals surface area contributed by atoms with Gasteiger partial charge in [-0.3, -0.25) is 4.79 Å². The third-order valence-corrected chi connectivity index (χ3v) is 6.89. The molecule has 3 rings (SSSR count). The van der Waals surface area contributed by atoms with E-state index in [1.54, 1.807) is 17.5 Å². The third kappa shape index (κ3) is 3.67. The molecule has 0 bridgehead atoms. The lowest BCUT2D eigenvalue weighted by Gasteiger charge is -2.28. The molecule has 1 fully saturated rings. The van der Waals surface area contributed by atoms with Crippen molar-refractivity contribution < 1.29 is 4.79 Å². The first-order valence-corrected chi connectivity index (χ1v) is 10.1. The molecule has 1 saturated carbocycles. The molecule has 0 aromatic carbocycles. The number of thioether (sulfide) groups is 1. The molecule has 3 nitrogen and oxygen atoms in total. The van der Waals surface area contributed by atoms with Crippen LogP contribution < -0.4 is 5.32 Å². The van der Waals surface area contributed by atoms with E-state index in [1.165, 1.54) is 24.2 Å². The van der Waals surface area contributed by atoms with Crippen molar-refractivity contribution in [3.8, 4) is 9.88 Å². The molecule has 1 amide bonds. The second-order valence-electron chi connectivity index (χ2n) is 5.20. The largest absolute Gasteiger partial charge is 0.349 e. The molecule has 0 saturated heterocycles. The molecule has 1 aliphatic rings. The van der Waals surface area contributed by atoms with E-state index >= 15 is 0 Å². The van der Waals surface area contributed by atoms with E-state index in [2.05, 4.69) is 16.6 Å². The van der Waals surface area contributed by atoms with Crippen LogP contribution in [0.4, 0.5) is 0 Å². The monoisotopic (exact) mass is 338 g/mol. The Morgan fingerprint density at radius 2 is 2.38 bits per heavy atom. The standard InChI is InChI=1S/C15H18N2OS3/c1-19-11-5-2-4-10(8-11)17-14(18)13-9-16-15(21-13)12-6-3-7-20-12/h3,6-7,9-11H,2,4-5,8H2,1H3,(H,17,18). The van der Waals surface area contributed by atoms with Crippen molar-refractivity contribution in [2.75, 3.05) is 6.26 Å². The minimum absolute atomic E-state index is 0.0297. The number of carbonyl (C=O) groups is 1. The zero-order valence-corrected chi connectivity index (χ0v) is 14.3. The number of thiophene rings is 1. The maximum absolute atomic E-state index is 12.3. The molecule has 6 heteroatoms. The van der Waals surface area contributed by atoms with E-state index in [0.29, 0.717) is 16.2 Å². The van der Waals surface area contributed by atoms with Gasteiger partial charge in [-0.05, 0) is 37.0 Å². The molecule has 2 aromatic heterocycles. The first-order chi connectivity index (χ1) is 10.3. The summed E-state index contributed by atoms with van der Waals surface area (Å²) in [7, 11) is 0. The van der Waals surface area contributed by atoms with Crippen molar-refractivity contribution in [2.45, 2.75) is 37.0 Å². The number of amides is 1. The maximum atomic E-state index is 12.3. The molecule has 2 heterocycles. The van der Waals surface area contributed by atoms with Gasteiger partial charge in [0.25, 0.3) is 5.91 Å². The molecule has 1 aliphatic carbocycles. The molecule has 0 radical (unpaired) electrons. The highest BCUT2D eigenvalue weighted by Crippen LogP contribution is 2.30. The number of aromatic nitrogens is 1. The molecule has 2 atom stereocenters. The highest BCUT2D eigenvalue weighted by molar-refractivity contribution is 7.99. The summed E-state index contributed by atoms with van der Waals surface area (Å²) in [5.41, 5.74) is 0. The van der Waals surface area contributed by atoms with Crippen LogP contribution in [0.1, 0.15) is 35.4 Å². The van der Waals surface area contributed by atoms with E-state index in [9.17, 15) is 4.79 Å². The Morgan fingerprint density at radius 3 is 3.14 bits per heavy atom. The van der Waals surface area contributed by atoms with Gasteiger partial charge in [0.15, 0.2) is 0 Å². The summed E-state index contributed by atoms with van der Waals surface area (Å²) in [6, 6.07) is 4.36. The van der Waals surface area contributed by atoms with Crippen LogP contribution in [0.25, 0.3) is 9.88 Å². The van der Waals surface area contributed by atoms with Crippen LogP contribution in [-0.2, 0) is 0 Å². The summed E-state index contributed by atoms with van der Waals surface area (Å²) in [5, 5.41) is 6.83. The van der Waals surface area contributed by atoms with Crippen LogP contribution in [0.3, 0.4) is 0 Å². The van der Waals surface area contributed by atoms with E-state index in [-0.39, 0.29) is 5.91 Å². The number of carbonyl (C=O) groups excluding carboxylic acids is 1. The van der Waals surface area contributed by atoms with Gasteiger partial charge in [-0.1, -0.05) is 12.5 Å². The second-order valence-corrected chi connectivity index (χ2v) is 8.32. The van der Waals surface area contributed by atoms with E-state index in [4.69, 9.17) is 0 Å². The van der Waals surface area contributed by atoms with Crippen molar-refractivity contribution in [3.05, 3.63) is 28.6 Å². The number of hydrogen-bond acceptors (Lipinski definition) is 5. The third-order valence-electron chi connectivity index (χ3n) is 3.76. The molecule has 2 unspecified atom stereocenters. The Morgan fingerprint density at radius 1 is 1.48 bits per heavy atom. The van der Waals surface area contributed by atoms with Crippen LogP contribution >= 0.6 is 34.4 Å². The molecule has 21 heavy (non-hydrogen) atoms. The predicted molar refractivity (Wildman–Crippen MR) is 92.5 cm³/mol. The Bertz CT molecular complexity index is 594. The minimum Gasteiger partial charge on any atom is -0.349 e. The summed E-state index contributed by atoms with van der Waals surface area (Å²) < 4.78 is 0. The fourth-order valence-corrected chi connectivity index (χ4v) is 5.09. The smallest absolute Gasteiger partial charge is 0.263 e. The van der Waals surface area contributed by atoms with Crippen LogP contribution in [0.15, 0.2) is 23.7 Å². The lowest BCUT2D eigenvalue weighted by Crippen LogP contribution is -2.38. The summed E-state index contributed by atoms with van der Waals surface area (Å²) in [6.07, 6.45) is 8.52. The summed E-state index contributed by atoms with van der Waals surface area (Å²) in [4.78, 5) is 18.6. The van der Waals surface area contributed by atoms with Gasteiger partial charge in [0.05, 0.1) is 11.1 Å². The van der Waals surface area contributed by atoms with Crippen molar-refractivity contribution in [3.63, 3.8) is 0 Å². The number of rotatable bonds is 4. The first-order valence-electron chi connectivity index (χ1n) is 7.09. The number of hydrogen-bond donors (Lipinski definition) is 1. The van der Waals surface area contributed by atoms with Gasteiger partial charge in [0, 0.05) is 11.3 Å². The predicted octanol–water partition coefficient (Wildman–Crippen LogP) is 4.28. The zero-order valence-electron chi connectivity index (χ0n) is 11.9. The van der Waals surface area contributed by atoms with Crippen molar-refractivity contribution in [1.82, 2.24) is 10.3 Å². The lowest BCUT2D eigenvalue weighted by molar-refractivity contribution is 0.0932. The minimum atomic E-state index is 0.0297. The Kier molecular flexibility index (Phi) is 4.98. The Hall–Kier alpha value is -0.850. The van der Waals surface area contributed by atoms with Gasteiger partial charge in [0.2, 0.25) is 0 Å². The zero-order chi connectivity index (χ0) is 14.7. The second kappa shape index (κ2) is 6.94. The summed E-state index contributed by atoms with van der Waals surface area (Å²) >= 11 is 5.04. The number of thiazole rings is 1. The molecule has 0 spiro atoms. The van der Waals surface area contributed by atoms with E-state index in [1.807, 2.05) is 29.3 Å². The summed E-state index contributed by atoms with van der Waals surface area (Å²) in [5.74, 6) is 0.0297. The van der Waals surface area contributed by atoms with Gasteiger partial charge in [-0.2, -0.15) is 11.8 Å². The molecule has 112 valence electrons. The van der Waals surface area contributed by atoms with Crippen LogP contribution in [-0.4, -0.2) is 28.4 Å². The molecule has 1 N–H and O–H groups in total. The molecule has 2 aromatic rings. The van der Waals surface area contributed by atoms with Crippen LogP contribution in [0.5, 0.6) is 0 Å². The van der Waals surface area contributed by atoms with Gasteiger partial charge in [-0.25, -0.2) is 4.98 Å². The van der Waals surface area contributed by atoms with Gasteiger partial charge in [-0.15, -0.1) is 22.7 Å². The topological polar surface area (TPSA) is 42.0 Å². The quantitative estimate of drug-likeness (QED) is 0.905. The number of nitrogens with zero attached hydrogens (tertiary/aromatic N) is 1. The van der Waals surface area contributed by atoms with Crippen LogP contribution in [0.2, 0.25) is 0 Å². The number of nitrogens with one attached hydrogen (secondary N) is 1. The van der Waals surface area contributed by atoms with E-state index < -0.39 is 0 Å². The van der Waals surface area contributed by atoms with Crippen molar-refractivity contribution >= 4 is 40.3 Å². The van der Waals surface area contributed by atoms with Crippen molar-refractivity contribution in [2.24, 2.45) is 0 Å². The highest BCUT2D eigenvalue weighted by Gasteiger charge is 2.23. The normalized spacial score (nSPS) is 22.1. The van der Waals surface area contributed by atoms with Crippen LogP contribution in [0, 0.1) is 0 Å². The first kappa shape index (κ1) is 15.1. The van der Waals surface area contributed by atoms with Gasteiger partial charge < -0.3 is 5.32 Å². The maximum Gasteiger partial charge on any atom is 0.263 e.